The summed E-state index contributed by atoms with van der Waals surface area (Å²) in [6.45, 7) is 0. The van der Waals surface area contributed by atoms with Crippen LogP contribution < -0.4 is 5.32 Å². The smallest absolute Gasteiger partial charge is 0.404 e. The molecule has 13 heavy (non-hydrogen) atoms. The molecule has 0 atom stereocenters. The van der Waals surface area contributed by atoms with E-state index in [-0.39, 0.29) is 6.04 Å². The van der Waals surface area contributed by atoms with Crippen LogP contribution in [0.4, 0.5) is 4.79 Å². The Morgan fingerprint density at radius 3 is 2.69 bits per heavy atom. The normalized spacial score (nSPS) is 21.8. The lowest BCUT2D eigenvalue weighted by Gasteiger charge is -2.22. The van der Waals surface area contributed by atoms with Gasteiger partial charge in [0.25, 0.3) is 0 Å². The number of nitrogens with zero attached hydrogens (tertiary/aromatic N) is 1. The van der Waals surface area contributed by atoms with Gasteiger partial charge in [0.15, 0.2) is 0 Å². The van der Waals surface area contributed by atoms with Crippen molar-refractivity contribution in [1.82, 2.24) is 5.32 Å². The molecule has 0 aliphatic heterocycles. The monoisotopic (exact) mass is 180 g/mol. The maximum atomic E-state index is 10.3. The van der Waals surface area contributed by atoms with Gasteiger partial charge in [-0.3, -0.25) is 0 Å². The number of nitriles is 1. The molecule has 0 spiro atoms. The molecule has 70 valence electrons. The zero-order valence-corrected chi connectivity index (χ0v) is 7.29. The van der Waals surface area contributed by atoms with Gasteiger partial charge in [-0.15, -0.1) is 0 Å². The van der Waals surface area contributed by atoms with Crippen molar-refractivity contribution in [3.8, 4) is 6.07 Å². The quantitative estimate of drug-likeness (QED) is 0.602. The second kappa shape index (κ2) is 4.51. The average Bonchev–Trinajstić information content (AvgIpc) is 2.08. The van der Waals surface area contributed by atoms with Gasteiger partial charge in [-0.1, -0.05) is 5.57 Å². The molecule has 4 nitrogen and oxygen atoms in total. The molecule has 1 saturated carbocycles. The molecule has 0 radical (unpaired) electrons. The van der Waals surface area contributed by atoms with Crippen LogP contribution in [0.5, 0.6) is 0 Å². The molecule has 0 unspecified atom stereocenters. The average molecular weight is 180 g/mol. The Morgan fingerprint density at radius 1 is 1.62 bits per heavy atom. The van der Waals surface area contributed by atoms with Gasteiger partial charge < -0.3 is 10.4 Å². The minimum absolute atomic E-state index is 0.0633. The fourth-order valence-corrected chi connectivity index (χ4v) is 1.54. The number of carbonyl (C=O) groups is 1. The first-order chi connectivity index (χ1) is 6.22. The van der Waals surface area contributed by atoms with Crippen LogP contribution in [0, 0.1) is 11.3 Å². The van der Waals surface area contributed by atoms with E-state index in [1.165, 1.54) is 0 Å². The number of hydrogen-bond acceptors (Lipinski definition) is 2. The van der Waals surface area contributed by atoms with Crippen molar-refractivity contribution in [3.63, 3.8) is 0 Å². The first-order valence-electron chi connectivity index (χ1n) is 4.29. The highest BCUT2D eigenvalue weighted by Crippen LogP contribution is 2.22. The standard InChI is InChI=1S/C9H12N2O2/c10-6-5-7-1-3-8(4-2-7)11-9(12)13/h5,8,11H,1-4H2,(H,12,13). The van der Waals surface area contributed by atoms with E-state index < -0.39 is 6.09 Å². The zero-order chi connectivity index (χ0) is 9.68. The minimum atomic E-state index is -0.960. The fourth-order valence-electron chi connectivity index (χ4n) is 1.54. The van der Waals surface area contributed by atoms with Crippen LogP contribution in [0.1, 0.15) is 25.7 Å². The highest BCUT2D eigenvalue weighted by atomic mass is 16.4. The molecule has 1 amide bonds. The van der Waals surface area contributed by atoms with Crippen LogP contribution in [-0.4, -0.2) is 17.2 Å². The Morgan fingerprint density at radius 2 is 2.23 bits per heavy atom. The van der Waals surface area contributed by atoms with Gasteiger partial charge in [0.2, 0.25) is 0 Å². The molecule has 0 aromatic heterocycles. The molecule has 2 N–H and O–H groups in total. The number of hydrogen-bond donors (Lipinski definition) is 2. The van der Waals surface area contributed by atoms with Crippen molar-refractivity contribution < 1.29 is 9.90 Å². The molecule has 4 heteroatoms. The van der Waals surface area contributed by atoms with Gasteiger partial charge in [-0.25, -0.2) is 4.79 Å². The summed E-state index contributed by atoms with van der Waals surface area (Å²) >= 11 is 0. The number of nitrogens with one attached hydrogen (secondary N) is 1. The summed E-state index contributed by atoms with van der Waals surface area (Å²) in [5.74, 6) is 0. The Kier molecular flexibility index (Phi) is 3.32. The van der Waals surface area contributed by atoms with Gasteiger partial charge in [0.05, 0.1) is 6.07 Å². The molecule has 1 aliphatic carbocycles. The summed E-state index contributed by atoms with van der Waals surface area (Å²) in [7, 11) is 0. The molecular formula is C9H12N2O2. The first kappa shape index (κ1) is 9.59. The van der Waals surface area contributed by atoms with E-state index in [0.717, 1.165) is 31.3 Å². The predicted molar refractivity (Wildman–Crippen MR) is 47.1 cm³/mol. The van der Waals surface area contributed by atoms with Gasteiger partial charge in [0.1, 0.15) is 0 Å². The summed E-state index contributed by atoms with van der Waals surface area (Å²) in [5.41, 5.74) is 1.13. The Balaban J connectivity index is 2.35. The number of amides is 1. The van der Waals surface area contributed by atoms with Gasteiger partial charge in [-0.2, -0.15) is 5.26 Å². The summed E-state index contributed by atoms with van der Waals surface area (Å²) in [4.78, 5) is 10.3. The lowest BCUT2D eigenvalue weighted by Crippen LogP contribution is -2.35. The van der Waals surface area contributed by atoms with Gasteiger partial charge in [0, 0.05) is 12.1 Å². The third-order valence-electron chi connectivity index (χ3n) is 2.22. The fraction of sp³-hybridized carbons (Fsp3) is 0.556. The van der Waals surface area contributed by atoms with E-state index in [1.807, 2.05) is 6.07 Å². The van der Waals surface area contributed by atoms with Crippen LogP contribution in [0.15, 0.2) is 11.6 Å². The van der Waals surface area contributed by atoms with Crippen LogP contribution in [-0.2, 0) is 0 Å². The Labute approximate surface area is 76.9 Å². The third-order valence-corrected chi connectivity index (χ3v) is 2.22. The largest absolute Gasteiger partial charge is 0.465 e. The molecular weight excluding hydrogens is 168 g/mol. The molecule has 0 aromatic carbocycles. The van der Waals surface area contributed by atoms with Crippen molar-refractivity contribution in [2.24, 2.45) is 0 Å². The lowest BCUT2D eigenvalue weighted by molar-refractivity contribution is 0.187. The molecule has 1 rings (SSSR count). The molecule has 1 fully saturated rings. The maximum absolute atomic E-state index is 10.3. The van der Waals surface area contributed by atoms with Crippen LogP contribution >= 0.6 is 0 Å². The van der Waals surface area contributed by atoms with Gasteiger partial charge in [-0.05, 0) is 25.7 Å². The Hall–Kier alpha value is -1.50. The molecule has 0 saturated heterocycles. The lowest BCUT2D eigenvalue weighted by atomic mass is 9.91. The van der Waals surface area contributed by atoms with Crippen LogP contribution in [0.2, 0.25) is 0 Å². The van der Waals surface area contributed by atoms with Crippen LogP contribution in [0.3, 0.4) is 0 Å². The third kappa shape index (κ3) is 3.16. The highest BCUT2D eigenvalue weighted by molar-refractivity contribution is 5.64. The van der Waals surface area contributed by atoms with E-state index >= 15 is 0 Å². The predicted octanol–water partition coefficient (Wildman–Crippen LogP) is 1.65. The summed E-state index contributed by atoms with van der Waals surface area (Å²) in [6, 6.07) is 2.06. The van der Waals surface area contributed by atoms with Crippen molar-refractivity contribution in [2.75, 3.05) is 0 Å². The number of allylic oxidation sites excluding steroid dienone is 2. The highest BCUT2D eigenvalue weighted by Gasteiger charge is 2.17. The van der Waals surface area contributed by atoms with Crippen molar-refractivity contribution in [2.45, 2.75) is 31.7 Å². The second-order valence-corrected chi connectivity index (χ2v) is 3.16. The topological polar surface area (TPSA) is 73.1 Å². The van der Waals surface area contributed by atoms with Crippen molar-refractivity contribution in [1.29, 1.82) is 5.26 Å². The van der Waals surface area contributed by atoms with E-state index in [4.69, 9.17) is 10.4 Å². The SMILES string of the molecule is N#CC=C1CCC(NC(=O)O)CC1. The summed E-state index contributed by atoms with van der Waals surface area (Å²) in [5, 5.41) is 19.3. The zero-order valence-electron chi connectivity index (χ0n) is 7.29. The van der Waals surface area contributed by atoms with E-state index in [0.29, 0.717) is 0 Å². The minimum Gasteiger partial charge on any atom is -0.465 e. The number of rotatable bonds is 1. The van der Waals surface area contributed by atoms with Crippen molar-refractivity contribution in [3.05, 3.63) is 11.6 Å². The second-order valence-electron chi connectivity index (χ2n) is 3.16. The van der Waals surface area contributed by atoms with Gasteiger partial charge >= 0.3 is 6.09 Å². The maximum Gasteiger partial charge on any atom is 0.404 e. The van der Waals surface area contributed by atoms with Crippen LogP contribution in [0.25, 0.3) is 0 Å². The van der Waals surface area contributed by atoms with E-state index in [9.17, 15) is 4.79 Å². The summed E-state index contributed by atoms with van der Waals surface area (Å²) < 4.78 is 0. The Bertz CT molecular complexity index is 255. The first-order valence-corrected chi connectivity index (χ1v) is 4.29. The summed E-state index contributed by atoms with van der Waals surface area (Å²) in [6.07, 6.45) is 3.88. The molecule has 1 aliphatic rings. The molecule has 0 heterocycles. The van der Waals surface area contributed by atoms with Crippen molar-refractivity contribution >= 4 is 6.09 Å². The van der Waals surface area contributed by atoms with E-state index in [2.05, 4.69) is 5.32 Å². The van der Waals surface area contributed by atoms with E-state index in [1.54, 1.807) is 6.08 Å². The molecule has 0 bridgehead atoms. The molecule has 0 aromatic rings. The number of carboxylic acid groups (broad SMARTS) is 1.